The zero-order valence-corrected chi connectivity index (χ0v) is 13.4. The molecule has 0 radical (unpaired) electrons. The summed E-state index contributed by atoms with van der Waals surface area (Å²) < 4.78 is 25.5. The molecule has 0 saturated carbocycles. The minimum Gasteiger partial charge on any atom is -0.465 e. The van der Waals surface area contributed by atoms with E-state index in [0.29, 0.717) is 56.7 Å². The fraction of sp³-hybridized carbons (Fsp3) is 0.625. The van der Waals surface area contributed by atoms with Gasteiger partial charge in [-0.25, -0.2) is 9.18 Å². The number of amides is 1. The fourth-order valence-corrected chi connectivity index (χ4v) is 3.45. The molecular weight excluding hydrogens is 317 g/mol. The average molecular weight is 339 g/mol. The summed E-state index contributed by atoms with van der Waals surface area (Å²) in [5.74, 6) is -0.443. The van der Waals surface area contributed by atoms with E-state index < -0.39 is 17.5 Å². The first-order valence-corrected chi connectivity index (χ1v) is 8.10. The van der Waals surface area contributed by atoms with Gasteiger partial charge in [-0.05, 0) is 12.8 Å². The zero-order chi connectivity index (χ0) is 17.2. The average Bonchev–Trinajstić information content (AvgIpc) is 2.54. The van der Waals surface area contributed by atoms with E-state index in [1.807, 2.05) is 0 Å². The van der Waals surface area contributed by atoms with Crippen molar-refractivity contribution in [2.24, 2.45) is 0 Å². The van der Waals surface area contributed by atoms with E-state index in [1.165, 1.54) is 11.1 Å². The van der Waals surface area contributed by atoms with Gasteiger partial charge in [-0.3, -0.25) is 4.98 Å². The van der Waals surface area contributed by atoms with Gasteiger partial charge in [0.15, 0.2) is 0 Å². The van der Waals surface area contributed by atoms with E-state index in [9.17, 15) is 14.3 Å². The lowest BCUT2D eigenvalue weighted by atomic mass is 9.90. The maximum absolute atomic E-state index is 13.9. The Kier molecular flexibility index (Phi) is 4.86. The van der Waals surface area contributed by atoms with Crippen LogP contribution >= 0.6 is 0 Å². The van der Waals surface area contributed by atoms with Crippen LogP contribution in [0.25, 0.3) is 0 Å². The second kappa shape index (κ2) is 6.90. The summed E-state index contributed by atoms with van der Waals surface area (Å²) in [4.78, 5) is 16.6. The Morgan fingerprint density at radius 2 is 2.21 bits per heavy atom. The second-order valence-corrected chi connectivity index (χ2v) is 6.43. The highest BCUT2D eigenvalue weighted by Gasteiger charge is 2.43. The molecule has 1 aromatic heterocycles. The number of nitrogens with zero attached hydrogens (tertiary/aromatic N) is 2. The molecule has 2 aliphatic heterocycles. The van der Waals surface area contributed by atoms with Crippen molar-refractivity contribution >= 4 is 11.8 Å². The third kappa shape index (κ3) is 3.59. The highest BCUT2D eigenvalue weighted by molar-refractivity contribution is 5.65. The Morgan fingerprint density at radius 1 is 1.46 bits per heavy atom. The molecule has 1 atom stereocenters. The van der Waals surface area contributed by atoms with Gasteiger partial charge in [0.25, 0.3) is 0 Å². The predicted octanol–water partition coefficient (Wildman–Crippen LogP) is 1.66. The van der Waals surface area contributed by atoms with Crippen LogP contribution in [0.3, 0.4) is 0 Å². The normalized spacial score (nSPS) is 23.4. The molecular formula is C16H22FN3O4. The Hall–Kier alpha value is -1.93. The van der Waals surface area contributed by atoms with Crippen molar-refractivity contribution in [1.82, 2.24) is 9.88 Å². The number of anilines is 1. The number of carboxylic acid groups (broad SMARTS) is 1. The Labute approximate surface area is 139 Å². The molecule has 1 aromatic rings. The number of halogens is 1. The van der Waals surface area contributed by atoms with E-state index in [1.54, 1.807) is 0 Å². The summed E-state index contributed by atoms with van der Waals surface area (Å²) >= 11 is 0. The Bertz CT molecular complexity index is 587. The van der Waals surface area contributed by atoms with Crippen molar-refractivity contribution in [1.29, 1.82) is 0 Å². The quantitative estimate of drug-likeness (QED) is 0.869. The summed E-state index contributed by atoms with van der Waals surface area (Å²) in [5, 5.41) is 9.39. The number of pyridine rings is 1. The Morgan fingerprint density at radius 3 is 2.88 bits per heavy atom. The van der Waals surface area contributed by atoms with Gasteiger partial charge in [-0.2, -0.15) is 0 Å². The molecule has 3 rings (SSSR count). The summed E-state index contributed by atoms with van der Waals surface area (Å²) in [7, 11) is 0. The molecule has 2 saturated heterocycles. The lowest BCUT2D eigenvalue weighted by Gasteiger charge is -2.47. The molecule has 7 nitrogen and oxygen atoms in total. The smallest absolute Gasteiger partial charge is 0.407 e. The number of ether oxygens (including phenoxy) is 2. The fourth-order valence-electron chi connectivity index (χ4n) is 3.45. The number of hydrogen-bond donors (Lipinski definition) is 2. The van der Waals surface area contributed by atoms with Crippen LogP contribution in [0.4, 0.5) is 14.9 Å². The maximum Gasteiger partial charge on any atom is 0.407 e. The van der Waals surface area contributed by atoms with Crippen LogP contribution in [0.15, 0.2) is 12.4 Å². The first kappa shape index (κ1) is 16.9. The van der Waals surface area contributed by atoms with Crippen LogP contribution in [0.5, 0.6) is 0 Å². The van der Waals surface area contributed by atoms with Crippen molar-refractivity contribution in [2.75, 3.05) is 32.0 Å². The van der Waals surface area contributed by atoms with Gasteiger partial charge >= 0.3 is 6.09 Å². The number of carbonyl (C=O) groups is 1. The molecule has 0 aliphatic carbocycles. The summed E-state index contributed by atoms with van der Waals surface area (Å²) in [6.07, 6.45) is 3.52. The molecule has 0 bridgehead atoms. The van der Waals surface area contributed by atoms with Crippen molar-refractivity contribution in [2.45, 2.75) is 37.4 Å². The largest absolute Gasteiger partial charge is 0.465 e. The van der Waals surface area contributed by atoms with Gasteiger partial charge in [0.1, 0.15) is 5.82 Å². The van der Waals surface area contributed by atoms with Crippen molar-refractivity contribution in [3.05, 3.63) is 23.8 Å². The molecule has 2 fully saturated rings. The van der Waals surface area contributed by atoms with Gasteiger partial charge in [-0.1, -0.05) is 0 Å². The lowest BCUT2D eigenvalue weighted by molar-refractivity contribution is -0.184. The first-order valence-electron chi connectivity index (χ1n) is 8.10. The van der Waals surface area contributed by atoms with E-state index in [2.05, 4.69) is 4.98 Å². The number of nitrogen functional groups attached to an aromatic ring is 1. The van der Waals surface area contributed by atoms with Crippen molar-refractivity contribution < 1.29 is 23.8 Å². The van der Waals surface area contributed by atoms with E-state index in [-0.39, 0.29) is 12.6 Å². The SMILES string of the molecule is Nc1cncc(F)c1CCC1CN(C(=O)O)CC2(CCOCC2)O1. The number of morpholine rings is 1. The summed E-state index contributed by atoms with van der Waals surface area (Å²) in [6.45, 7) is 1.76. The van der Waals surface area contributed by atoms with Crippen molar-refractivity contribution in [3.8, 4) is 0 Å². The van der Waals surface area contributed by atoms with E-state index in [4.69, 9.17) is 15.2 Å². The molecule has 24 heavy (non-hydrogen) atoms. The van der Waals surface area contributed by atoms with Crippen LogP contribution in [0.2, 0.25) is 0 Å². The van der Waals surface area contributed by atoms with Crippen molar-refractivity contribution in [3.63, 3.8) is 0 Å². The second-order valence-electron chi connectivity index (χ2n) is 6.43. The van der Waals surface area contributed by atoms with Crippen LogP contribution < -0.4 is 5.73 Å². The third-order valence-corrected chi connectivity index (χ3v) is 4.75. The summed E-state index contributed by atoms with van der Waals surface area (Å²) in [6, 6.07) is 0. The lowest BCUT2D eigenvalue weighted by Crippen LogP contribution is -2.58. The molecule has 3 N–H and O–H groups in total. The molecule has 1 amide bonds. The first-order chi connectivity index (χ1) is 11.5. The molecule has 0 aromatic carbocycles. The summed E-state index contributed by atoms with van der Waals surface area (Å²) in [5.41, 5.74) is 6.00. The van der Waals surface area contributed by atoms with Crippen LogP contribution in [-0.2, 0) is 15.9 Å². The van der Waals surface area contributed by atoms with E-state index >= 15 is 0 Å². The molecule has 1 unspecified atom stereocenters. The maximum atomic E-state index is 13.9. The molecule has 132 valence electrons. The predicted molar refractivity (Wildman–Crippen MR) is 84.2 cm³/mol. The number of nitrogens with two attached hydrogens (primary N) is 1. The third-order valence-electron chi connectivity index (χ3n) is 4.75. The topological polar surface area (TPSA) is 97.9 Å². The van der Waals surface area contributed by atoms with Crippen LogP contribution in [0.1, 0.15) is 24.8 Å². The van der Waals surface area contributed by atoms with Gasteiger partial charge in [0.2, 0.25) is 0 Å². The highest BCUT2D eigenvalue weighted by Crippen LogP contribution is 2.33. The van der Waals surface area contributed by atoms with Gasteiger partial charge < -0.3 is 25.2 Å². The standard InChI is InChI=1S/C16H22FN3O4/c17-13-7-19-8-14(18)12(13)2-1-11-9-20(15(21)22)10-16(24-11)3-5-23-6-4-16/h7-8,11H,1-6,9-10,18H2,(H,21,22). The number of aromatic nitrogens is 1. The van der Waals surface area contributed by atoms with Crippen LogP contribution in [0, 0.1) is 5.82 Å². The molecule has 1 spiro atoms. The van der Waals surface area contributed by atoms with Gasteiger partial charge in [0, 0.05) is 31.6 Å². The van der Waals surface area contributed by atoms with E-state index in [0.717, 1.165) is 6.20 Å². The zero-order valence-electron chi connectivity index (χ0n) is 13.4. The van der Waals surface area contributed by atoms with Gasteiger partial charge in [0.05, 0.1) is 42.9 Å². The monoisotopic (exact) mass is 339 g/mol. The molecule has 8 heteroatoms. The highest BCUT2D eigenvalue weighted by atomic mass is 19.1. The molecule has 2 aliphatic rings. The van der Waals surface area contributed by atoms with Crippen LogP contribution in [-0.4, -0.2) is 59.1 Å². The number of hydrogen-bond acceptors (Lipinski definition) is 5. The minimum absolute atomic E-state index is 0.282. The molecule has 3 heterocycles. The minimum atomic E-state index is -0.955. The Balaban J connectivity index is 1.70. The van der Waals surface area contributed by atoms with Gasteiger partial charge in [-0.15, -0.1) is 0 Å². The number of rotatable bonds is 3.